The molecule has 0 saturated heterocycles. The number of hydrogen-bond donors (Lipinski definition) is 0. The number of hydrogen-bond acceptors (Lipinski definition) is 1. The summed E-state index contributed by atoms with van der Waals surface area (Å²) in [5.41, 5.74) is 1.49. The number of rotatable bonds is 1. The van der Waals surface area contributed by atoms with Gasteiger partial charge in [0.05, 0.1) is 2.88 Å². The minimum absolute atomic E-state index is 0.216. The van der Waals surface area contributed by atoms with Gasteiger partial charge in [0.1, 0.15) is 0 Å². The average molecular weight is 276 g/mol. The largest absolute Gasteiger partial charge is 0.134 e. The summed E-state index contributed by atoms with van der Waals surface area (Å²) < 4.78 is 3.97. The van der Waals surface area contributed by atoms with Gasteiger partial charge in [-0.2, -0.15) is 0 Å². The highest BCUT2D eigenvalue weighted by Gasteiger charge is 2.04. The molecule has 1 aromatic heterocycles. The van der Waals surface area contributed by atoms with E-state index >= 15 is 0 Å². The van der Waals surface area contributed by atoms with Crippen molar-refractivity contribution in [2.45, 2.75) is 13.3 Å². The van der Waals surface area contributed by atoms with Crippen LogP contribution in [0.5, 0.6) is 0 Å². The zero-order valence-corrected chi connectivity index (χ0v) is 9.28. The fraction of sp³-hybridized carbons (Fsp3) is 0.222. The Balaban J connectivity index is 2.51. The van der Waals surface area contributed by atoms with E-state index in [-0.39, 0.29) is 20.7 Å². The van der Waals surface area contributed by atoms with Crippen LogP contribution in [-0.2, 0) is 6.42 Å². The zero-order chi connectivity index (χ0) is 7.68. The molecule has 1 aliphatic rings. The summed E-state index contributed by atoms with van der Waals surface area (Å²) in [5.74, 6) is 0. The number of thiophene rings is 1. The maximum absolute atomic E-state index is 2.34. The van der Waals surface area contributed by atoms with Crippen molar-refractivity contribution in [2.75, 3.05) is 0 Å². The summed E-state index contributed by atoms with van der Waals surface area (Å²) in [4.78, 5) is 1.54. The average Bonchev–Trinajstić information content (AvgIpc) is 2.46. The van der Waals surface area contributed by atoms with Crippen molar-refractivity contribution < 1.29 is 0 Å². The Morgan fingerprint density at radius 3 is 3.18 bits per heavy atom. The maximum Gasteiger partial charge on any atom is 0.0674 e. The first kappa shape index (κ1) is 7.68. The molecule has 58 valence electrons. The molecule has 0 atom stereocenters. The van der Waals surface area contributed by atoms with Crippen LogP contribution in [0.2, 0.25) is 0 Å². The van der Waals surface area contributed by atoms with Crippen molar-refractivity contribution in [3.8, 4) is 0 Å². The third-order valence-corrected chi connectivity index (χ3v) is 5.93. The minimum atomic E-state index is 0.216. The Morgan fingerprint density at radius 2 is 2.45 bits per heavy atom. The van der Waals surface area contributed by atoms with Gasteiger partial charge < -0.3 is 0 Å². The van der Waals surface area contributed by atoms with E-state index in [0.717, 1.165) is 0 Å². The van der Waals surface area contributed by atoms with Crippen LogP contribution < -0.4 is 0 Å². The summed E-state index contributed by atoms with van der Waals surface area (Å²) >= 11 is 2.22. The van der Waals surface area contributed by atoms with Crippen LogP contribution in [0, 0.1) is 2.88 Å². The highest BCUT2D eigenvalue weighted by Crippen LogP contribution is 2.30. The van der Waals surface area contributed by atoms with Gasteiger partial charge in [-0.15, -0.1) is 11.3 Å². The van der Waals surface area contributed by atoms with Crippen molar-refractivity contribution >= 4 is 42.2 Å². The first-order valence-corrected chi connectivity index (χ1v) is 6.80. The molecule has 0 aliphatic carbocycles. The molecule has 0 saturated carbocycles. The van der Waals surface area contributed by atoms with Gasteiger partial charge >= 0.3 is 0 Å². The predicted molar refractivity (Wildman–Crippen MR) is 61.5 cm³/mol. The number of halogens is 1. The fourth-order valence-electron chi connectivity index (χ4n) is 1.04. The minimum Gasteiger partial charge on any atom is -0.134 e. The molecule has 0 N–H and O–H groups in total. The highest BCUT2D eigenvalue weighted by atomic mass is 127. The van der Waals surface area contributed by atoms with Crippen molar-refractivity contribution in [3.63, 3.8) is 0 Å². The quantitative estimate of drug-likeness (QED) is 0.690. The first-order chi connectivity index (χ1) is 5.40. The molecule has 0 spiro atoms. The van der Waals surface area contributed by atoms with E-state index in [0.29, 0.717) is 0 Å². The summed E-state index contributed by atoms with van der Waals surface area (Å²) in [6.45, 7) is 2.23. The lowest BCUT2D eigenvalue weighted by Crippen LogP contribution is -1.74. The monoisotopic (exact) mass is 276 g/mol. The smallest absolute Gasteiger partial charge is 0.0674 e. The maximum atomic E-state index is 2.34. The molecule has 0 radical (unpaired) electrons. The van der Waals surface area contributed by atoms with Crippen LogP contribution >= 0.6 is 32.1 Å². The Bertz CT molecular complexity index is 291. The fourth-order valence-corrected chi connectivity index (χ4v) is 4.90. The van der Waals surface area contributed by atoms with Gasteiger partial charge in [0, 0.05) is 4.88 Å². The van der Waals surface area contributed by atoms with E-state index in [1.807, 2.05) is 11.3 Å². The van der Waals surface area contributed by atoms with Gasteiger partial charge in [0.2, 0.25) is 0 Å². The standard InChI is InChI=1S/C9H9IS/c1-2-8-6-7-4-3-5-10-9(7)11-8/h3-6H,2H2,1H3. The molecule has 0 fully saturated rings. The van der Waals surface area contributed by atoms with Crippen LogP contribution in [0.1, 0.15) is 17.4 Å². The summed E-state index contributed by atoms with van der Waals surface area (Å²) in [6, 6.07) is 2.34. The van der Waals surface area contributed by atoms with Gasteiger partial charge in [0.15, 0.2) is 0 Å². The number of aryl methyl sites for hydroxylation is 1. The molecule has 1 aliphatic heterocycles. The van der Waals surface area contributed by atoms with Crippen LogP contribution in [-0.4, -0.2) is 4.01 Å². The topological polar surface area (TPSA) is 0 Å². The Morgan fingerprint density at radius 1 is 1.55 bits per heavy atom. The summed E-state index contributed by atoms with van der Waals surface area (Å²) in [7, 11) is 0. The van der Waals surface area contributed by atoms with Crippen molar-refractivity contribution in [2.24, 2.45) is 0 Å². The van der Waals surface area contributed by atoms with E-state index in [2.05, 4.69) is 29.2 Å². The van der Waals surface area contributed by atoms with Gasteiger partial charge in [-0.3, -0.25) is 0 Å². The number of fused-ring (bicyclic) bond motifs is 1. The molecule has 0 bridgehead atoms. The Hall–Kier alpha value is 0.0400. The third-order valence-electron chi connectivity index (χ3n) is 1.62. The second kappa shape index (κ2) is 3.19. The molecule has 1 aromatic rings. The molecule has 0 nitrogen and oxygen atoms in total. The summed E-state index contributed by atoms with van der Waals surface area (Å²) in [6.07, 6.45) is 5.62. The van der Waals surface area contributed by atoms with Crippen LogP contribution in [0.15, 0.2) is 12.1 Å². The van der Waals surface area contributed by atoms with Crippen LogP contribution in [0.3, 0.4) is 0 Å². The lowest BCUT2D eigenvalue weighted by molar-refractivity contribution is 1.19. The third kappa shape index (κ3) is 1.47. The van der Waals surface area contributed by atoms with Crippen LogP contribution in [0.25, 0.3) is 6.08 Å². The summed E-state index contributed by atoms with van der Waals surface area (Å²) in [5, 5.41) is 0. The SMILES string of the molecule is CCc1cc2c(s1)I=CC=C2. The van der Waals surface area contributed by atoms with Crippen molar-refractivity contribution in [3.05, 3.63) is 25.5 Å². The zero-order valence-electron chi connectivity index (χ0n) is 6.30. The number of allylic oxidation sites excluding steroid dienone is 1. The lowest BCUT2D eigenvalue weighted by atomic mass is 10.2. The van der Waals surface area contributed by atoms with E-state index in [1.165, 1.54) is 16.9 Å². The van der Waals surface area contributed by atoms with Crippen LogP contribution in [0.4, 0.5) is 0 Å². The van der Waals surface area contributed by atoms with Crippen molar-refractivity contribution in [1.29, 1.82) is 0 Å². The molecular formula is C9H9IS. The molecule has 0 unspecified atom stereocenters. The second-order valence-electron chi connectivity index (χ2n) is 2.39. The van der Waals surface area contributed by atoms with Gasteiger partial charge in [-0.05, 0) is 22.1 Å². The lowest BCUT2D eigenvalue weighted by Gasteiger charge is -1.92. The van der Waals surface area contributed by atoms with Gasteiger partial charge in [0.25, 0.3) is 0 Å². The molecule has 11 heavy (non-hydrogen) atoms. The van der Waals surface area contributed by atoms with E-state index in [9.17, 15) is 0 Å². The van der Waals surface area contributed by atoms with E-state index < -0.39 is 0 Å². The normalized spacial score (nSPS) is 14.3. The first-order valence-electron chi connectivity index (χ1n) is 3.66. The molecule has 2 heteroatoms. The van der Waals surface area contributed by atoms with E-state index in [1.54, 1.807) is 2.88 Å². The highest BCUT2D eigenvalue weighted by molar-refractivity contribution is 14.2. The van der Waals surface area contributed by atoms with Crippen molar-refractivity contribution in [1.82, 2.24) is 0 Å². The molecule has 0 aromatic carbocycles. The second-order valence-corrected chi connectivity index (χ2v) is 6.68. The van der Waals surface area contributed by atoms with Gasteiger partial charge in [-0.1, -0.05) is 39.8 Å². The van der Waals surface area contributed by atoms with E-state index in [4.69, 9.17) is 0 Å². The molecular weight excluding hydrogens is 267 g/mol. The molecule has 0 amide bonds. The Kier molecular flexibility index (Phi) is 2.23. The molecule has 2 rings (SSSR count). The van der Waals surface area contributed by atoms with Gasteiger partial charge in [-0.25, -0.2) is 0 Å². The molecule has 2 heterocycles. The predicted octanol–water partition coefficient (Wildman–Crippen LogP) is 3.28. The Labute approximate surface area is 80.7 Å².